The first-order valence-electron chi connectivity index (χ1n) is 7.86. The molecular formula is C17H19N3O3S. The van der Waals surface area contributed by atoms with Crippen molar-refractivity contribution in [3.05, 3.63) is 40.2 Å². The highest BCUT2D eigenvalue weighted by atomic mass is 32.1. The van der Waals surface area contributed by atoms with Gasteiger partial charge < -0.3 is 4.90 Å². The third kappa shape index (κ3) is 3.32. The van der Waals surface area contributed by atoms with E-state index < -0.39 is 5.91 Å². The molecular weight excluding hydrogens is 326 g/mol. The highest BCUT2D eigenvalue weighted by Crippen LogP contribution is 2.36. The molecule has 2 amide bonds. The van der Waals surface area contributed by atoms with E-state index in [2.05, 4.69) is 4.98 Å². The highest BCUT2D eigenvalue weighted by molar-refractivity contribution is 7.14. The number of hydroxylamine groups is 1. The molecule has 1 fully saturated rings. The van der Waals surface area contributed by atoms with Gasteiger partial charge in [0, 0.05) is 31.5 Å². The molecule has 24 heavy (non-hydrogen) atoms. The van der Waals surface area contributed by atoms with E-state index in [1.165, 1.54) is 11.3 Å². The van der Waals surface area contributed by atoms with Crippen LogP contribution in [0.4, 0.5) is 0 Å². The number of nitrogens with zero attached hydrogens (tertiary/aromatic N) is 2. The molecule has 126 valence electrons. The van der Waals surface area contributed by atoms with Crippen molar-refractivity contribution in [2.45, 2.75) is 25.7 Å². The maximum atomic E-state index is 12.0. The van der Waals surface area contributed by atoms with Crippen molar-refractivity contribution in [2.75, 3.05) is 13.1 Å². The predicted molar refractivity (Wildman–Crippen MR) is 91.0 cm³/mol. The Kier molecular flexibility index (Phi) is 4.92. The number of amides is 2. The minimum Gasteiger partial charge on any atom is -0.343 e. The largest absolute Gasteiger partial charge is 0.343 e. The summed E-state index contributed by atoms with van der Waals surface area (Å²) in [4.78, 5) is 30.4. The van der Waals surface area contributed by atoms with Crippen LogP contribution in [0.1, 0.15) is 40.4 Å². The average molecular weight is 345 g/mol. The molecule has 1 saturated heterocycles. The molecule has 2 aromatic rings. The van der Waals surface area contributed by atoms with Gasteiger partial charge in [0.05, 0.1) is 10.7 Å². The van der Waals surface area contributed by atoms with Crippen LogP contribution < -0.4 is 5.48 Å². The lowest BCUT2D eigenvalue weighted by atomic mass is 9.97. The van der Waals surface area contributed by atoms with E-state index >= 15 is 0 Å². The van der Waals surface area contributed by atoms with Gasteiger partial charge in [-0.15, -0.1) is 11.3 Å². The molecule has 3 rings (SSSR count). The van der Waals surface area contributed by atoms with Gasteiger partial charge >= 0.3 is 0 Å². The molecule has 1 aliphatic heterocycles. The quantitative estimate of drug-likeness (QED) is 0.662. The Bertz CT molecular complexity index is 737. The summed E-state index contributed by atoms with van der Waals surface area (Å²) in [6.07, 6.45) is 1.67. The normalized spacial score (nSPS) is 15.3. The lowest BCUT2D eigenvalue weighted by Gasteiger charge is -2.30. The van der Waals surface area contributed by atoms with Gasteiger partial charge in [-0.25, -0.2) is 10.5 Å². The van der Waals surface area contributed by atoms with Crippen LogP contribution in [0.2, 0.25) is 0 Å². The van der Waals surface area contributed by atoms with Crippen molar-refractivity contribution in [2.24, 2.45) is 0 Å². The molecule has 0 bridgehead atoms. The van der Waals surface area contributed by atoms with Gasteiger partial charge in [-0.2, -0.15) is 0 Å². The van der Waals surface area contributed by atoms with Crippen molar-refractivity contribution < 1.29 is 14.8 Å². The minimum absolute atomic E-state index is 0.0953. The van der Waals surface area contributed by atoms with Crippen LogP contribution in [-0.4, -0.2) is 40.0 Å². The Morgan fingerprint density at radius 1 is 1.25 bits per heavy atom. The number of carbonyl (C=O) groups is 2. The number of likely N-dealkylation sites (tertiary alicyclic amines) is 1. The van der Waals surface area contributed by atoms with E-state index in [-0.39, 0.29) is 11.8 Å². The molecule has 0 spiro atoms. The van der Waals surface area contributed by atoms with Crippen molar-refractivity contribution >= 4 is 23.2 Å². The van der Waals surface area contributed by atoms with E-state index in [9.17, 15) is 9.59 Å². The zero-order valence-corrected chi connectivity index (χ0v) is 14.2. The van der Waals surface area contributed by atoms with Gasteiger partial charge in [0.2, 0.25) is 5.91 Å². The number of hydrogen-bond donors (Lipinski definition) is 2. The zero-order chi connectivity index (χ0) is 17.1. The molecule has 2 N–H and O–H groups in total. The number of carbonyl (C=O) groups excluding carboxylic acids is 2. The molecule has 1 aromatic heterocycles. The Hall–Kier alpha value is -2.25. The maximum absolute atomic E-state index is 12.0. The molecule has 0 radical (unpaired) electrons. The molecule has 1 aliphatic rings. The summed E-state index contributed by atoms with van der Waals surface area (Å²) in [5.41, 5.74) is 3.15. The lowest BCUT2D eigenvalue weighted by molar-refractivity contribution is -0.129. The van der Waals surface area contributed by atoms with Crippen LogP contribution in [0.3, 0.4) is 0 Å². The molecule has 0 atom stereocenters. The SMILES string of the molecule is CC(=O)N1CCC(c2nc(-c3ccccc3)c(C(=O)NO)s2)CC1. The summed E-state index contributed by atoms with van der Waals surface area (Å²) in [5, 5.41) is 9.90. The van der Waals surface area contributed by atoms with Crippen LogP contribution in [0.15, 0.2) is 30.3 Å². The summed E-state index contributed by atoms with van der Waals surface area (Å²) in [5.74, 6) is -0.218. The molecule has 0 unspecified atom stereocenters. The fourth-order valence-electron chi connectivity index (χ4n) is 2.95. The zero-order valence-electron chi connectivity index (χ0n) is 13.4. The van der Waals surface area contributed by atoms with E-state index in [1.54, 1.807) is 12.4 Å². The predicted octanol–water partition coefficient (Wildman–Crippen LogP) is 2.66. The average Bonchev–Trinajstić information content (AvgIpc) is 3.07. The first-order chi connectivity index (χ1) is 11.6. The number of hydrogen-bond acceptors (Lipinski definition) is 5. The summed E-state index contributed by atoms with van der Waals surface area (Å²) in [6, 6.07) is 9.47. The first kappa shape index (κ1) is 16.6. The maximum Gasteiger partial charge on any atom is 0.287 e. The van der Waals surface area contributed by atoms with Crippen molar-refractivity contribution in [1.29, 1.82) is 0 Å². The fourth-order valence-corrected chi connectivity index (χ4v) is 4.10. The van der Waals surface area contributed by atoms with Crippen molar-refractivity contribution in [3.63, 3.8) is 0 Å². The summed E-state index contributed by atoms with van der Waals surface area (Å²) >= 11 is 1.32. The topological polar surface area (TPSA) is 82.5 Å². The third-order valence-corrected chi connectivity index (χ3v) is 5.50. The Balaban J connectivity index is 1.89. The molecule has 7 heteroatoms. The van der Waals surface area contributed by atoms with Gasteiger partial charge in [0.1, 0.15) is 4.88 Å². The smallest absolute Gasteiger partial charge is 0.287 e. The summed E-state index contributed by atoms with van der Waals surface area (Å²) in [7, 11) is 0. The Morgan fingerprint density at radius 3 is 2.50 bits per heavy atom. The van der Waals surface area contributed by atoms with E-state index in [4.69, 9.17) is 5.21 Å². The molecule has 1 aromatic carbocycles. The lowest BCUT2D eigenvalue weighted by Crippen LogP contribution is -2.36. The number of aromatic nitrogens is 1. The second-order valence-electron chi connectivity index (χ2n) is 5.82. The van der Waals surface area contributed by atoms with Crippen LogP contribution in [0.25, 0.3) is 11.3 Å². The summed E-state index contributed by atoms with van der Waals surface area (Å²) < 4.78 is 0. The molecule has 0 saturated carbocycles. The highest BCUT2D eigenvalue weighted by Gasteiger charge is 2.27. The van der Waals surface area contributed by atoms with Crippen LogP contribution >= 0.6 is 11.3 Å². The Morgan fingerprint density at radius 2 is 1.92 bits per heavy atom. The van der Waals surface area contributed by atoms with Crippen LogP contribution in [-0.2, 0) is 4.79 Å². The standard InChI is InChI=1S/C17H19N3O3S/c1-11(21)20-9-7-13(8-10-20)17-18-14(12-5-3-2-4-6-12)15(24-17)16(22)19-23/h2-6,13,23H,7-10H2,1H3,(H,19,22). The molecule has 2 heterocycles. The number of piperidine rings is 1. The number of nitrogens with one attached hydrogen (secondary N) is 1. The minimum atomic E-state index is -0.543. The monoisotopic (exact) mass is 345 g/mol. The van der Waals surface area contributed by atoms with E-state index in [1.807, 2.05) is 35.2 Å². The molecule has 0 aliphatic carbocycles. The van der Waals surface area contributed by atoms with Gasteiger partial charge in [0.25, 0.3) is 5.91 Å². The van der Waals surface area contributed by atoms with Crippen LogP contribution in [0.5, 0.6) is 0 Å². The third-order valence-electron chi connectivity index (χ3n) is 4.29. The first-order valence-corrected chi connectivity index (χ1v) is 8.68. The van der Waals surface area contributed by atoms with Crippen molar-refractivity contribution in [3.8, 4) is 11.3 Å². The second kappa shape index (κ2) is 7.11. The molecule has 6 nitrogen and oxygen atoms in total. The van der Waals surface area contributed by atoms with Crippen molar-refractivity contribution in [1.82, 2.24) is 15.4 Å². The number of benzene rings is 1. The Labute approximate surface area is 144 Å². The van der Waals surface area contributed by atoms with Gasteiger partial charge in [0.15, 0.2) is 0 Å². The fraction of sp³-hybridized carbons (Fsp3) is 0.353. The summed E-state index contributed by atoms with van der Waals surface area (Å²) in [6.45, 7) is 3.00. The van der Waals surface area contributed by atoms with Crippen LogP contribution in [0, 0.1) is 0 Å². The van der Waals surface area contributed by atoms with Gasteiger partial charge in [-0.3, -0.25) is 14.8 Å². The number of thiazole rings is 1. The second-order valence-corrected chi connectivity index (χ2v) is 6.85. The number of rotatable bonds is 3. The van der Waals surface area contributed by atoms with Gasteiger partial charge in [-0.05, 0) is 12.8 Å². The van der Waals surface area contributed by atoms with E-state index in [0.717, 1.165) is 23.4 Å². The van der Waals surface area contributed by atoms with Gasteiger partial charge in [-0.1, -0.05) is 30.3 Å². The van der Waals surface area contributed by atoms with E-state index in [0.29, 0.717) is 23.7 Å².